The lowest BCUT2D eigenvalue weighted by molar-refractivity contribution is 1.27. The molecule has 0 saturated heterocycles. The molecule has 0 amide bonds. The molecule has 0 aromatic heterocycles. The van der Waals surface area contributed by atoms with Crippen LogP contribution in [0, 0.1) is 0 Å². The van der Waals surface area contributed by atoms with Gasteiger partial charge in [0.25, 0.3) is 0 Å². The van der Waals surface area contributed by atoms with Crippen molar-refractivity contribution in [2.75, 3.05) is 6.26 Å². The average molecular weight is 116 g/mol. The maximum atomic E-state index is 3.62. The summed E-state index contributed by atoms with van der Waals surface area (Å²) in [5, 5.41) is 7.20. The van der Waals surface area contributed by atoms with Gasteiger partial charge < -0.3 is 0 Å². The van der Waals surface area contributed by atoms with Crippen molar-refractivity contribution in [3.63, 3.8) is 0 Å². The van der Waals surface area contributed by atoms with Crippen LogP contribution in [0.4, 0.5) is 0 Å². The molecule has 0 aliphatic heterocycles. The molecule has 2 nitrogen and oxygen atoms in total. The summed E-state index contributed by atoms with van der Waals surface area (Å²) in [5.74, 6) is 0. The van der Waals surface area contributed by atoms with Gasteiger partial charge in [-0.05, 0) is 13.2 Å². The summed E-state index contributed by atoms with van der Waals surface area (Å²) in [6.45, 7) is 1.83. The first kappa shape index (κ1) is 6.69. The second-order valence-electron chi connectivity index (χ2n) is 0.830. The monoisotopic (exact) mass is 116 g/mol. The van der Waals surface area contributed by atoms with Gasteiger partial charge in [-0.3, -0.25) is 0 Å². The Hall–Kier alpha value is -0.310. The van der Waals surface area contributed by atoms with Crippen LogP contribution in [-0.2, 0) is 0 Å². The second kappa shape index (κ2) is 5.69. The fraction of sp³-hybridized carbons (Fsp3) is 0.500. The van der Waals surface area contributed by atoms with Crippen molar-refractivity contribution in [1.82, 2.24) is 0 Å². The van der Waals surface area contributed by atoms with E-state index in [4.69, 9.17) is 0 Å². The number of rotatable bonds is 2. The highest BCUT2D eigenvalue weighted by atomic mass is 32.2. The third-order valence-electron chi connectivity index (χ3n) is 0.335. The predicted molar refractivity (Wildman–Crippen MR) is 36.2 cm³/mol. The first-order valence-electron chi connectivity index (χ1n) is 1.94. The maximum absolute atomic E-state index is 3.62. The van der Waals surface area contributed by atoms with Crippen molar-refractivity contribution in [2.45, 2.75) is 6.92 Å². The molecule has 40 valence electrons. The molecule has 0 fully saturated rings. The van der Waals surface area contributed by atoms with E-state index in [2.05, 4.69) is 10.2 Å². The molecular formula is C4H8N2S. The molecule has 0 bridgehead atoms. The van der Waals surface area contributed by atoms with Crippen LogP contribution in [0.3, 0.4) is 0 Å². The van der Waals surface area contributed by atoms with E-state index in [0.717, 1.165) is 0 Å². The fourth-order valence-electron chi connectivity index (χ4n) is 0.141. The highest BCUT2D eigenvalue weighted by Crippen LogP contribution is 1.81. The van der Waals surface area contributed by atoms with Crippen molar-refractivity contribution in [3.05, 3.63) is 0 Å². The minimum atomic E-state index is 1.54. The normalized spacial score (nSPS) is 11.7. The quantitative estimate of drug-likeness (QED) is 0.304. The molecule has 0 saturated carbocycles. The fourth-order valence-corrected chi connectivity index (χ4v) is 0.290. The van der Waals surface area contributed by atoms with Gasteiger partial charge in [0.15, 0.2) is 0 Å². The molecule has 0 atom stereocenters. The highest BCUT2D eigenvalue weighted by molar-refractivity contribution is 8.11. The van der Waals surface area contributed by atoms with E-state index in [0.29, 0.717) is 0 Å². The zero-order chi connectivity index (χ0) is 5.54. The Bertz CT molecular complexity index is 77.8. The molecule has 0 N–H and O–H groups in total. The summed E-state index contributed by atoms with van der Waals surface area (Å²) >= 11 is 1.54. The van der Waals surface area contributed by atoms with Gasteiger partial charge in [0.2, 0.25) is 0 Å². The molecule has 7 heavy (non-hydrogen) atoms. The Morgan fingerprint density at radius 2 is 2.14 bits per heavy atom. The van der Waals surface area contributed by atoms with Crippen molar-refractivity contribution in [2.24, 2.45) is 10.2 Å². The smallest absolute Gasteiger partial charge is 0.0822 e. The van der Waals surface area contributed by atoms with Crippen LogP contribution in [0.15, 0.2) is 10.2 Å². The molecule has 0 spiro atoms. The molecule has 3 heteroatoms. The highest BCUT2D eigenvalue weighted by Gasteiger charge is 1.58. The number of hydrogen-bond donors (Lipinski definition) is 0. The second-order valence-corrected chi connectivity index (χ2v) is 1.51. The number of nitrogens with zero attached hydrogens (tertiary/aromatic N) is 2. The Kier molecular flexibility index (Phi) is 5.44. The third-order valence-corrected chi connectivity index (χ3v) is 0.640. The lowest BCUT2D eigenvalue weighted by atomic mass is 10.9. The van der Waals surface area contributed by atoms with Crippen LogP contribution >= 0.6 is 11.8 Å². The van der Waals surface area contributed by atoms with Gasteiger partial charge in [0, 0.05) is 6.21 Å². The minimum absolute atomic E-state index is 1.54. The minimum Gasteiger partial charge on any atom is -0.163 e. The van der Waals surface area contributed by atoms with Crippen LogP contribution in [0.1, 0.15) is 6.92 Å². The lowest BCUT2D eigenvalue weighted by Crippen LogP contribution is -1.57. The summed E-state index contributed by atoms with van der Waals surface area (Å²) in [7, 11) is 0. The van der Waals surface area contributed by atoms with E-state index in [1.807, 2.05) is 13.2 Å². The average Bonchev–Trinajstić information content (AvgIpc) is 1.69. The Labute approximate surface area is 47.7 Å². The van der Waals surface area contributed by atoms with Crippen molar-refractivity contribution >= 4 is 23.5 Å². The van der Waals surface area contributed by atoms with Gasteiger partial charge >= 0.3 is 0 Å². The van der Waals surface area contributed by atoms with E-state index >= 15 is 0 Å². The standard InChI is InChI=1S/C4H8N2S/c1-3-5-6-4-7-2/h3-4H,1-2H3/b5-3+,6-4-. The van der Waals surface area contributed by atoms with E-state index in [9.17, 15) is 0 Å². The van der Waals surface area contributed by atoms with Crippen LogP contribution in [0.2, 0.25) is 0 Å². The topological polar surface area (TPSA) is 24.7 Å². The number of thioether (sulfide) groups is 1. The molecule has 0 aromatic carbocycles. The SMILES string of the molecule is C/C=N/N=C\SC. The van der Waals surface area contributed by atoms with Crippen LogP contribution in [0.5, 0.6) is 0 Å². The summed E-state index contributed by atoms with van der Waals surface area (Å²) in [5.41, 5.74) is 1.68. The van der Waals surface area contributed by atoms with E-state index in [1.54, 1.807) is 11.8 Å². The van der Waals surface area contributed by atoms with Gasteiger partial charge in [0.05, 0.1) is 5.55 Å². The van der Waals surface area contributed by atoms with Gasteiger partial charge in [-0.1, -0.05) is 0 Å². The first-order valence-corrected chi connectivity index (χ1v) is 3.23. The van der Waals surface area contributed by atoms with Crippen LogP contribution in [-0.4, -0.2) is 18.0 Å². The molecule has 0 radical (unpaired) electrons. The number of hydrogen-bond acceptors (Lipinski definition) is 3. The predicted octanol–water partition coefficient (Wildman–Crippen LogP) is 1.38. The van der Waals surface area contributed by atoms with Gasteiger partial charge in [0.1, 0.15) is 0 Å². The molecule has 0 aliphatic rings. The largest absolute Gasteiger partial charge is 0.163 e. The molecular weight excluding hydrogens is 108 g/mol. The molecule has 0 unspecified atom stereocenters. The van der Waals surface area contributed by atoms with E-state index < -0.39 is 0 Å². The van der Waals surface area contributed by atoms with Crippen LogP contribution in [0.25, 0.3) is 0 Å². The van der Waals surface area contributed by atoms with E-state index in [-0.39, 0.29) is 0 Å². The first-order chi connectivity index (χ1) is 3.41. The third kappa shape index (κ3) is 5.69. The van der Waals surface area contributed by atoms with Gasteiger partial charge in [-0.15, -0.1) is 11.8 Å². The summed E-state index contributed by atoms with van der Waals surface area (Å²) in [4.78, 5) is 0. The zero-order valence-electron chi connectivity index (χ0n) is 4.46. The lowest BCUT2D eigenvalue weighted by Gasteiger charge is -1.70. The summed E-state index contributed by atoms with van der Waals surface area (Å²) < 4.78 is 0. The molecule has 0 heterocycles. The molecule has 0 aliphatic carbocycles. The van der Waals surface area contributed by atoms with Crippen LogP contribution < -0.4 is 0 Å². The van der Waals surface area contributed by atoms with Crippen molar-refractivity contribution < 1.29 is 0 Å². The summed E-state index contributed by atoms with van der Waals surface area (Å²) in [6, 6.07) is 0. The zero-order valence-corrected chi connectivity index (χ0v) is 5.27. The van der Waals surface area contributed by atoms with E-state index in [1.165, 1.54) is 11.8 Å². The Balaban J connectivity index is 3.09. The Morgan fingerprint density at radius 3 is 2.57 bits per heavy atom. The molecule has 0 aromatic rings. The van der Waals surface area contributed by atoms with Gasteiger partial charge in [-0.2, -0.15) is 10.2 Å². The Morgan fingerprint density at radius 1 is 1.43 bits per heavy atom. The van der Waals surface area contributed by atoms with Crippen molar-refractivity contribution in [1.29, 1.82) is 0 Å². The van der Waals surface area contributed by atoms with Gasteiger partial charge in [-0.25, -0.2) is 0 Å². The summed E-state index contributed by atoms with van der Waals surface area (Å²) in [6.07, 6.45) is 3.58. The van der Waals surface area contributed by atoms with Crippen molar-refractivity contribution in [3.8, 4) is 0 Å². The maximum Gasteiger partial charge on any atom is 0.0822 e. The molecule has 0 rings (SSSR count).